The van der Waals surface area contributed by atoms with E-state index in [1.807, 2.05) is 30.0 Å². The highest BCUT2D eigenvalue weighted by Gasteiger charge is 1.98. The molecule has 1 N–H and O–H groups in total. The summed E-state index contributed by atoms with van der Waals surface area (Å²) in [6.07, 6.45) is 2.79. The summed E-state index contributed by atoms with van der Waals surface area (Å²) >= 11 is 1.86. The molecule has 3 heteroatoms. The number of carbonyl (C=O) groups is 1. The van der Waals surface area contributed by atoms with Gasteiger partial charge in [0.25, 0.3) is 0 Å². The van der Waals surface area contributed by atoms with Crippen LogP contribution in [0.4, 0.5) is 0 Å². The van der Waals surface area contributed by atoms with Crippen LogP contribution in [0.25, 0.3) is 6.08 Å². The maximum Gasteiger partial charge on any atom is 0.328 e. The number of hydrogen-bond donors (Lipinski definition) is 1. The molecule has 0 saturated carbocycles. The highest BCUT2D eigenvalue weighted by Crippen LogP contribution is 2.19. The molecule has 0 aromatic heterocycles. The predicted octanol–water partition coefficient (Wildman–Crippen LogP) is 4.53. The Bertz CT molecular complexity index is 647. The van der Waals surface area contributed by atoms with Gasteiger partial charge >= 0.3 is 5.97 Å². The summed E-state index contributed by atoms with van der Waals surface area (Å²) in [6.45, 7) is 2.10. The molecule has 2 aromatic rings. The number of thioether (sulfide) groups is 1. The highest BCUT2D eigenvalue weighted by atomic mass is 32.2. The summed E-state index contributed by atoms with van der Waals surface area (Å²) in [6, 6.07) is 16.5. The van der Waals surface area contributed by atoms with Gasteiger partial charge in [0.05, 0.1) is 0 Å². The van der Waals surface area contributed by atoms with Crippen LogP contribution in [0.3, 0.4) is 0 Å². The van der Waals surface area contributed by atoms with E-state index in [2.05, 4.69) is 37.3 Å². The van der Waals surface area contributed by atoms with Crippen molar-refractivity contribution in [2.45, 2.75) is 18.4 Å². The number of benzene rings is 2. The number of carboxylic acids is 1. The molecule has 2 nitrogen and oxygen atoms in total. The minimum Gasteiger partial charge on any atom is -0.478 e. The summed E-state index contributed by atoms with van der Waals surface area (Å²) in [5.74, 6) is 0.980. The number of aryl methyl sites for hydroxylation is 1. The molecule has 0 fully saturated rings. The van der Waals surface area contributed by atoms with Gasteiger partial charge in [-0.1, -0.05) is 54.1 Å². The number of aliphatic carboxylic acids is 1. The summed E-state index contributed by atoms with van der Waals surface area (Å²) in [5.41, 5.74) is 4.75. The topological polar surface area (TPSA) is 37.3 Å². The van der Waals surface area contributed by atoms with Crippen molar-refractivity contribution in [2.24, 2.45) is 0 Å². The molecule has 0 radical (unpaired) electrons. The molecule has 0 spiro atoms. The largest absolute Gasteiger partial charge is 0.478 e. The fraction of sp³-hybridized carbons (Fsp3) is 0.167. The molecule has 2 rings (SSSR count). The van der Waals surface area contributed by atoms with Gasteiger partial charge in [-0.15, -0.1) is 0 Å². The molecule has 0 saturated heterocycles. The van der Waals surface area contributed by atoms with Gasteiger partial charge < -0.3 is 5.11 Å². The van der Waals surface area contributed by atoms with Crippen molar-refractivity contribution in [3.05, 3.63) is 76.9 Å². The fourth-order valence-corrected chi connectivity index (χ4v) is 2.98. The molecule has 0 heterocycles. The van der Waals surface area contributed by atoms with E-state index < -0.39 is 5.97 Å². The van der Waals surface area contributed by atoms with Crippen LogP contribution in [-0.2, 0) is 16.3 Å². The third-order valence-corrected chi connectivity index (χ3v) is 4.06. The number of hydrogen-bond acceptors (Lipinski definition) is 2. The van der Waals surface area contributed by atoms with Crippen molar-refractivity contribution in [2.75, 3.05) is 0 Å². The first-order chi connectivity index (χ1) is 10.1. The van der Waals surface area contributed by atoms with E-state index in [4.69, 9.17) is 5.11 Å². The molecule has 2 aromatic carbocycles. The number of rotatable bonds is 6. The van der Waals surface area contributed by atoms with Crippen LogP contribution in [0, 0.1) is 6.92 Å². The van der Waals surface area contributed by atoms with Crippen molar-refractivity contribution >= 4 is 23.8 Å². The predicted molar refractivity (Wildman–Crippen MR) is 89.3 cm³/mol. The lowest BCUT2D eigenvalue weighted by Crippen LogP contribution is -1.87. The smallest absolute Gasteiger partial charge is 0.328 e. The Morgan fingerprint density at radius 2 is 1.76 bits per heavy atom. The third-order valence-electron chi connectivity index (χ3n) is 2.99. The quantitative estimate of drug-likeness (QED) is 0.796. The maximum atomic E-state index is 10.5. The monoisotopic (exact) mass is 298 g/mol. The van der Waals surface area contributed by atoms with Gasteiger partial charge in [0.2, 0.25) is 0 Å². The van der Waals surface area contributed by atoms with E-state index in [1.54, 1.807) is 6.08 Å². The first kappa shape index (κ1) is 15.4. The second-order valence-electron chi connectivity index (χ2n) is 4.90. The minimum absolute atomic E-state index is 0.919. The van der Waals surface area contributed by atoms with Crippen LogP contribution in [0.2, 0.25) is 0 Å². The molecule has 0 amide bonds. The van der Waals surface area contributed by atoms with Crippen LogP contribution < -0.4 is 0 Å². The normalized spacial score (nSPS) is 10.9. The van der Waals surface area contributed by atoms with Crippen LogP contribution in [0.1, 0.15) is 22.3 Å². The summed E-state index contributed by atoms with van der Waals surface area (Å²) < 4.78 is 0. The second kappa shape index (κ2) is 7.70. The van der Waals surface area contributed by atoms with Crippen molar-refractivity contribution in [1.29, 1.82) is 0 Å². The zero-order chi connectivity index (χ0) is 15.1. The van der Waals surface area contributed by atoms with E-state index in [0.717, 1.165) is 17.1 Å². The fourth-order valence-electron chi connectivity index (χ4n) is 2.04. The van der Waals surface area contributed by atoms with Crippen LogP contribution in [0.5, 0.6) is 0 Å². The second-order valence-corrected chi connectivity index (χ2v) is 5.88. The van der Waals surface area contributed by atoms with E-state index >= 15 is 0 Å². The molecular weight excluding hydrogens is 280 g/mol. The number of carboxylic acid groups (broad SMARTS) is 1. The van der Waals surface area contributed by atoms with Gasteiger partial charge in [0.15, 0.2) is 0 Å². The molecule has 0 aliphatic heterocycles. The molecule has 0 unspecified atom stereocenters. The van der Waals surface area contributed by atoms with Gasteiger partial charge in [-0.25, -0.2) is 4.79 Å². The zero-order valence-electron chi connectivity index (χ0n) is 12.0. The Morgan fingerprint density at radius 3 is 2.43 bits per heavy atom. The minimum atomic E-state index is -0.922. The Kier molecular flexibility index (Phi) is 5.64. The van der Waals surface area contributed by atoms with Gasteiger partial charge in [-0.3, -0.25) is 0 Å². The zero-order valence-corrected chi connectivity index (χ0v) is 12.8. The van der Waals surface area contributed by atoms with Crippen molar-refractivity contribution < 1.29 is 9.90 Å². The van der Waals surface area contributed by atoms with Gasteiger partial charge in [-0.05, 0) is 29.7 Å². The van der Waals surface area contributed by atoms with Crippen LogP contribution in [0.15, 0.2) is 54.6 Å². The first-order valence-electron chi connectivity index (χ1n) is 6.77. The molecule has 0 aliphatic carbocycles. The van der Waals surface area contributed by atoms with Crippen molar-refractivity contribution in [3.8, 4) is 0 Å². The summed E-state index contributed by atoms with van der Waals surface area (Å²) in [5, 5.41) is 8.64. The third kappa shape index (κ3) is 5.48. The van der Waals surface area contributed by atoms with E-state index in [1.165, 1.54) is 22.8 Å². The molecule has 0 atom stereocenters. The van der Waals surface area contributed by atoms with Gasteiger partial charge in [0, 0.05) is 17.6 Å². The maximum absolute atomic E-state index is 10.5. The Morgan fingerprint density at radius 1 is 1.10 bits per heavy atom. The average molecular weight is 298 g/mol. The summed E-state index contributed by atoms with van der Waals surface area (Å²) in [7, 11) is 0. The Hall–Kier alpha value is -2.00. The van der Waals surface area contributed by atoms with E-state index in [9.17, 15) is 4.79 Å². The Balaban J connectivity index is 1.91. The molecule has 0 bridgehead atoms. The lowest BCUT2D eigenvalue weighted by molar-refractivity contribution is -0.131. The molecule has 0 aliphatic rings. The summed E-state index contributed by atoms with van der Waals surface area (Å²) in [4.78, 5) is 10.5. The molecule has 21 heavy (non-hydrogen) atoms. The van der Waals surface area contributed by atoms with Gasteiger partial charge in [0.1, 0.15) is 0 Å². The van der Waals surface area contributed by atoms with E-state index in [-0.39, 0.29) is 0 Å². The lowest BCUT2D eigenvalue weighted by atomic mass is 10.1. The molecular formula is C18H18O2S. The van der Waals surface area contributed by atoms with Crippen molar-refractivity contribution in [1.82, 2.24) is 0 Å². The lowest BCUT2D eigenvalue weighted by Gasteiger charge is -2.04. The van der Waals surface area contributed by atoms with Crippen LogP contribution in [-0.4, -0.2) is 11.1 Å². The highest BCUT2D eigenvalue weighted by molar-refractivity contribution is 7.97. The standard InChI is InChI=1S/C18H18O2S/c1-14-4-2-6-16(10-14)12-21-13-17-7-3-5-15(11-17)8-9-18(19)20/h2-11H,12-13H2,1H3,(H,19,20). The van der Waals surface area contributed by atoms with Crippen molar-refractivity contribution in [3.63, 3.8) is 0 Å². The first-order valence-corrected chi connectivity index (χ1v) is 7.92. The molecule has 108 valence electrons. The van der Waals surface area contributed by atoms with Gasteiger partial charge in [-0.2, -0.15) is 11.8 Å². The van der Waals surface area contributed by atoms with Crippen LogP contribution >= 0.6 is 11.8 Å². The average Bonchev–Trinajstić information content (AvgIpc) is 2.46. The Labute approximate surface area is 129 Å². The SMILES string of the molecule is Cc1cccc(CSCc2cccc(C=CC(=O)O)c2)c1. The van der Waals surface area contributed by atoms with E-state index in [0.29, 0.717) is 0 Å².